The molecule has 1 N–H and O–H groups in total. The molecule has 9 heteroatoms. The minimum atomic E-state index is -0.463. The summed E-state index contributed by atoms with van der Waals surface area (Å²) < 4.78 is 29.2. The number of esters is 1. The van der Waals surface area contributed by atoms with E-state index in [0.29, 0.717) is 52.1 Å². The van der Waals surface area contributed by atoms with E-state index in [1.807, 2.05) is 10.6 Å². The van der Waals surface area contributed by atoms with Gasteiger partial charge in [0.25, 0.3) is 0 Å². The van der Waals surface area contributed by atoms with E-state index in [4.69, 9.17) is 23.7 Å². The molecule has 37 heavy (non-hydrogen) atoms. The van der Waals surface area contributed by atoms with Crippen molar-refractivity contribution in [3.05, 3.63) is 53.5 Å². The topological polar surface area (TPSA) is 101 Å². The number of aryl methyl sites for hydroxylation is 1. The van der Waals surface area contributed by atoms with Crippen LogP contribution in [-0.4, -0.2) is 48.2 Å². The molecule has 0 bridgehead atoms. The van der Waals surface area contributed by atoms with Crippen LogP contribution in [0.5, 0.6) is 28.7 Å². The highest BCUT2D eigenvalue weighted by Gasteiger charge is 2.23. The molecule has 0 spiro atoms. The Kier molecular flexibility index (Phi) is 8.22. The fourth-order valence-electron chi connectivity index (χ4n) is 4.20. The summed E-state index contributed by atoms with van der Waals surface area (Å²) >= 11 is 0. The lowest BCUT2D eigenvalue weighted by atomic mass is 10.0. The molecule has 0 fully saturated rings. The number of ether oxygens (including phenoxy) is 5. The second kappa shape index (κ2) is 11.7. The van der Waals surface area contributed by atoms with Crippen LogP contribution in [0.1, 0.15) is 37.9 Å². The number of phenolic OH excluding ortho intramolecular Hbond substituents is 1. The summed E-state index contributed by atoms with van der Waals surface area (Å²) in [6.07, 6.45) is 5.58. The van der Waals surface area contributed by atoms with Crippen LogP contribution in [0, 0.1) is 0 Å². The Balaban J connectivity index is 1.81. The van der Waals surface area contributed by atoms with Gasteiger partial charge in [-0.05, 0) is 37.6 Å². The Hall–Kier alpha value is -4.14. The predicted molar refractivity (Wildman–Crippen MR) is 138 cm³/mol. The first-order chi connectivity index (χ1) is 18.0. The number of phenols is 1. The van der Waals surface area contributed by atoms with Crippen molar-refractivity contribution in [3.8, 4) is 40.0 Å². The fraction of sp³-hybridized carbons (Fsp3) is 0.357. The van der Waals surface area contributed by atoms with E-state index in [1.165, 1.54) is 0 Å². The number of methoxy groups -OCH3 is 2. The smallest absolute Gasteiger partial charge is 0.334 e. The zero-order valence-electron chi connectivity index (χ0n) is 21.6. The summed E-state index contributed by atoms with van der Waals surface area (Å²) in [6.45, 7) is 4.94. The Morgan fingerprint density at radius 1 is 1.14 bits per heavy atom. The molecule has 0 radical (unpaired) electrons. The molecule has 2 heterocycles. The van der Waals surface area contributed by atoms with Crippen LogP contribution in [-0.2, 0) is 22.5 Å². The van der Waals surface area contributed by atoms with Gasteiger partial charge in [-0.25, -0.2) is 9.78 Å². The summed E-state index contributed by atoms with van der Waals surface area (Å²) in [5.41, 5.74) is 2.95. The Bertz CT molecular complexity index is 1300. The van der Waals surface area contributed by atoms with Gasteiger partial charge in [0, 0.05) is 41.8 Å². The van der Waals surface area contributed by atoms with E-state index < -0.39 is 5.97 Å². The molecule has 9 nitrogen and oxygen atoms in total. The highest BCUT2D eigenvalue weighted by molar-refractivity contribution is 5.95. The van der Waals surface area contributed by atoms with Crippen molar-refractivity contribution in [2.45, 2.75) is 39.7 Å². The number of fused-ring (bicyclic) bond motifs is 1. The van der Waals surface area contributed by atoms with E-state index in [9.17, 15) is 9.90 Å². The van der Waals surface area contributed by atoms with E-state index in [2.05, 4.69) is 11.9 Å². The second-order valence-electron chi connectivity index (χ2n) is 8.49. The first-order valence-corrected chi connectivity index (χ1v) is 12.3. The van der Waals surface area contributed by atoms with Gasteiger partial charge in [-0.3, -0.25) is 0 Å². The van der Waals surface area contributed by atoms with Gasteiger partial charge in [-0.2, -0.15) is 0 Å². The minimum Gasteiger partial charge on any atom is -0.507 e. The van der Waals surface area contributed by atoms with Crippen molar-refractivity contribution in [1.82, 2.24) is 9.55 Å². The third-order valence-corrected chi connectivity index (χ3v) is 6.08. The summed E-state index contributed by atoms with van der Waals surface area (Å²) in [5.74, 6) is 1.89. The highest BCUT2D eigenvalue weighted by Crippen LogP contribution is 2.40. The summed E-state index contributed by atoms with van der Waals surface area (Å²) in [6, 6.07) is 8.69. The Morgan fingerprint density at radius 3 is 2.59 bits per heavy atom. The van der Waals surface area contributed by atoms with Gasteiger partial charge in [0.1, 0.15) is 17.2 Å². The van der Waals surface area contributed by atoms with Gasteiger partial charge in [0.05, 0.1) is 38.5 Å². The maximum Gasteiger partial charge on any atom is 0.334 e. The molecule has 0 amide bonds. The number of hydrogen-bond donors (Lipinski definition) is 1. The lowest BCUT2D eigenvalue weighted by molar-refractivity contribution is -0.138. The van der Waals surface area contributed by atoms with Crippen LogP contribution < -0.4 is 18.9 Å². The van der Waals surface area contributed by atoms with Crippen LogP contribution in [0.2, 0.25) is 0 Å². The molecule has 1 aliphatic heterocycles. The van der Waals surface area contributed by atoms with E-state index in [-0.39, 0.29) is 25.6 Å². The van der Waals surface area contributed by atoms with E-state index >= 15 is 0 Å². The van der Waals surface area contributed by atoms with Gasteiger partial charge in [-0.15, -0.1) is 0 Å². The number of benzene rings is 2. The van der Waals surface area contributed by atoms with E-state index in [0.717, 1.165) is 18.4 Å². The number of aromatic nitrogens is 2. The van der Waals surface area contributed by atoms with E-state index in [1.54, 1.807) is 57.8 Å². The van der Waals surface area contributed by atoms with Crippen LogP contribution in [0.15, 0.2) is 42.2 Å². The molecule has 1 aliphatic rings. The Morgan fingerprint density at radius 2 is 1.92 bits per heavy atom. The van der Waals surface area contributed by atoms with Gasteiger partial charge >= 0.3 is 5.97 Å². The van der Waals surface area contributed by atoms with Crippen LogP contribution in [0.25, 0.3) is 17.3 Å². The van der Waals surface area contributed by atoms with Crippen molar-refractivity contribution < 1.29 is 33.6 Å². The lowest BCUT2D eigenvalue weighted by Gasteiger charge is -2.14. The molecule has 2 aromatic carbocycles. The SMILES string of the molecule is CCCCn1cnc(/C=C(\Cc2cc3c(cc2OC)OCO3)C(=O)OCC)c1-c1ccc(OC)cc1O. The first kappa shape index (κ1) is 25.9. The molecule has 0 atom stereocenters. The molecule has 1 aromatic heterocycles. The number of unbranched alkanes of at least 4 members (excludes halogenated alkanes) is 1. The molecule has 0 saturated carbocycles. The second-order valence-corrected chi connectivity index (χ2v) is 8.49. The maximum absolute atomic E-state index is 13.1. The lowest BCUT2D eigenvalue weighted by Crippen LogP contribution is -2.11. The largest absolute Gasteiger partial charge is 0.507 e. The maximum atomic E-state index is 13.1. The fourth-order valence-corrected chi connectivity index (χ4v) is 4.20. The molecule has 4 rings (SSSR count). The van der Waals surface area contributed by atoms with Gasteiger partial charge in [-0.1, -0.05) is 13.3 Å². The number of imidazole rings is 1. The zero-order valence-corrected chi connectivity index (χ0v) is 21.6. The van der Waals surface area contributed by atoms with Gasteiger partial charge in [0.2, 0.25) is 6.79 Å². The number of carbonyl (C=O) groups is 1. The Labute approximate surface area is 216 Å². The van der Waals surface area contributed by atoms with Crippen molar-refractivity contribution in [2.24, 2.45) is 0 Å². The molecule has 196 valence electrons. The van der Waals surface area contributed by atoms with Crippen molar-refractivity contribution in [2.75, 3.05) is 27.6 Å². The number of hydrogen-bond acceptors (Lipinski definition) is 8. The molecule has 0 unspecified atom stereocenters. The zero-order chi connectivity index (χ0) is 26.4. The highest BCUT2D eigenvalue weighted by atomic mass is 16.7. The van der Waals surface area contributed by atoms with Crippen LogP contribution in [0.4, 0.5) is 0 Å². The number of nitrogens with zero attached hydrogens (tertiary/aromatic N) is 2. The summed E-state index contributed by atoms with van der Waals surface area (Å²) in [4.78, 5) is 17.7. The summed E-state index contributed by atoms with van der Waals surface area (Å²) in [7, 11) is 3.11. The number of aromatic hydroxyl groups is 1. The van der Waals surface area contributed by atoms with Gasteiger partial charge < -0.3 is 33.4 Å². The average molecular weight is 509 g/mol. The van der Waals surface area contributed by atoms with Crippen molar-refractivity contribution >= 4 is 12.0 Å². The normalized spacial score (nSPS) is 12.5. The van der Waals surface area contributed by atoms with Crippen LogP contribution >= 0.6 is 0 Å². The van der Waals surface area contributed by atoms with Gasteiger partial charge in [0.15, 0.2) is 11.5 Å². The first-order valence-electron chi connectivity index (χ1n) is 12.3. The predicted octanol–water partition coefficient (Wildman–Crippen LogP) is 4.99. The molecule has 3 aromatic rings. The monoisotopic (exact) mass is 508 g/mol. The number of carbonyl (C=O) groups excluding carboxylic acids is 1. The summed E-state index contributed by atoms with van der Waals surface area (Å²) in [5, 5.41) is 10.8. The quantitative estimate of drug-likeness (QED) is 0.286. The molecular formula is C28H32N2O7. The molecular weight excluding hydrogens is 476 g/mol. The standard InChI is InChI=1S/C28H32N2O7/c1-5-7-10-30-16-29-22(27(30)21-9-8-20(33-3)14-23(21)31)12-19(28(32)35-6-2)11-18-13-25-26(37-17-36-25)15-24(18)34-4/h8-9,12-16,31H,5-7,10-11,17H2,1-4H3/b19-12+. The molecule has 0 aliphatic carbocycles. The average Bonchev–Trinajstić information content (AvgIpc) is 3.52. The number of rotatable bonds is 11. The van der Waals surface area contributed by atoms with Crippen LogP contribution in [0.3, 0.4) is 0 Å². The van der Waals surface area contributed by atoms with Crippen molar-refractivity contribution in [1.29, 1.82) is 0 Å². The minimum absolute atomic E-state index is 0.0578. The van der Waals surface area contributed by atoms with Crippen molar-refractivity contribution in [3.63, 3.8) is 0 Å². The third-order valence-electron chi connectivity index (χ3n) is 6.08. The molecule has 0 saturated heterocycles. The third kappa shape index (κ3) is 5.66.